The van der Waals surface area contributed by atoms with E-state index in [0.717, 1.165) is 16.7 Å². The monoisotopic (exact) mass is 306 g/mol. The molecule has 1 aliphatic rings. The number of carbonyl (C=O) groups is 1. The summed E-state index contributed by atoms with van der Waals surface area (Å²) in [6, 6.07) is 15.2. The Balaban J connectivity index is 2.01. The van der Waals surface area contributed by atoms with Gasteiger partial charge in [0.15, 0.2) is 0 Å². The van der Waals surface area contributed by atoms with Crippen LogP contribution in [-0.2, 0) is 4.74 Å². The van der Waals surface area contributed by atoms with Crippen LogP contribution in [0.4, 0.5) is 0 Å². The molecule has 3 nitrogen and oxygen atoms in total. The number of aromatic carboxylic acids is 1. The van der Waals surface area contributed by atoms with Crippen LogP contribution in [0.25, 0.3) is 0 Å². The first kappa shape index (κ1) is 15.3. The second-order valence-corrected chi connectivity index (χ2v) is 5.72. The zero-order valence-electron chi connectivity index (χ0n) is 13.0. The van der Waals surface area contributed by atoms with Crippen molar-refractivity contribution in [3.05, 3.63) is 88.7 Å². The van der Waals surface area contributed by atoms with Gasteiger partial charge in [-0.3, -0.25) is 0 Å². The standard InChI is InChI=1S/C20H18O3/c1-3-14-12-18(15-7-5-4-6-8-15)23-19(14)17-11-13(2)9-10-16(17)20(21)22/h4-11,18-19H,1,12H2,2H3,(H,21,22). The van der Waals surface area contributed by atoms with Gasteiger partial charge in [-0.05, 0) is 18.6 Å². The molecule has 23 heavy (non-hydrogen) atoms. The molecule has 0 aromatic heterocycles. The first-order valence-electron chi connectivity index (χ1n) is 7.53. The number of hydrogen-bond acceptors (Lipinski definition) is 2. The lowest BCUT2D eigenvalue weighted by molar-refractivity contribution is 0.0492. The van der Waals surface area contributed by atoms with Crippen molar-refractivity contribution in [1.82, 2.24) is 0 Å². The molecule has 2 aromatic rings. The normalized spacial score (nSPS) is 20.3. The summed E-state index contributed by atoms with van der Waals surface area (Å²) in [4.78, 5) is 11.5. The third-order valence-electron chi connectivity index (χ3n) is 4.14. The molecule has 0 spiro atoms. The lowest BCUT2D eigenvalue weighted by Crippen LogP contribution is -2.08. The first-order chi connectivity index (χ1) is 11.1. The highest BCUT2D eigenvalue weighted by atomic mass is 16.5. The molecular weight excluding hydrogens is 288 g/mol. The number of carboxylic acids is 1. The highest BCUT2D eigenvalue weighted by Crippen LogP contribution is 2.45. The third kappa shape index (κ3) is 2.98. The van der Waals surface area contributed by atoms with E-state index < -0.39 is 12.1 Å². The Labute approximate surface area is 135 Å². The van der Waals surface area contributed by atoms with Crippen molar-refractivity contribution in [2.75, 3.05) is 0 Å². The summed E-state index contributed by atoms with van der Waals surface area (Å²) in [5.74, 6) is -0.949. The van der Waals surface area contributed by atoms with Gasteiger partial charge in [-0.2, -0.15) is 0 Å². The van der Waals surface area contributed by atoms with Crippen LogP contribution in [0.1, 0.15) is 45.7 Å². The summed E-state index contributed by atoms with van der Waals surface area (Å²) in [6.07, 6.45) is 0.155. The molecule has 1 N–H and O–H groups in total. The van der Waals surface area contributed by atoms with Gasteiger partial charge >= 0.3 is 5.97 Å². The molecule has 0 bridgehead atoms. The highest BCUT2D eigenvalue weighted by molar-refractivity contribution is 5.89. The second kappa shape index (κ2) is 6.25. The van der Waals surface area contributed by atoms with Crippen molar-refractivity contribution in [3.63, 3.8) is 0 Å². The topological polar surface area (TPSA) is 46.5 Å². The average molecular weight is 306 g/mol. The van der Waals surface area contributed by atoms with Gasteiger partial charge in [-0.1, -0.05) is 54.6 Å². The van der Waals surface area contributed by atoms with Crippen LogP contribution in [0.15, 0.2) is 66.4 Å². The molecule has 2 unspecified atom stereocenters. The van der Waals surface area contributed by atoms with E-state index in [4.69, 9.17) is 4.74 Å². The summed E-state index contributed by atoms with van der Waals surface area (Å²) in [5.41, 5.74) is 6.85. The fourth-order valence-electron chi connectivity index (χ4n) is 2.99. The van der Waals surface area contributed by atoms with E-state index in [-0.39, 0.29) is 11.7 Å². The molecule has 1 saturated heterocycles. The van der Waals surface area contributed by atoms with Gasteiger partial charge in [-0.25, -0.2) is 4.79 Å². The summed E-state index contributed by atoms with van der Waals surface area (Å²) in [5, 5.41) is 9.46. The van der Waals surface area contributed by atoms with E-state index in [2.05, 4.69) is 12.3 Å². The third-order valence-corrected chi connectivity index (χ3v) is 4.14. The molecule has 3 rings (SSSR count). The molecule has 1 fully saturated rings. The largest absolute Gasteiger partial charge is 0.478 e. The number of ether oxygens (including phenoxy) is 1. The van der Waals surface area contributed by atoms with Crippen LogP contribution < -0.4 is 0 Å². The maximum absolute atomic E-state index is 11.5. The van der Waals surface area contributed by atoms with Crippen LogP contribution in [0.5, 0.6) is 0 Å². The van der Waals surface area contributed by atoms with Crippen molar-refractivity contribution in [3.8, 4) is 0 Å². The van der Waals surface area contributed by atoms with Crippen LogP contribution in [-0.4, -0.2) is 11.1 Å². The molecule has 2 aromatic carbocycles. The fraction of sp³-hybridized carbons (Fsp3) is 0.200. The molecule has 1 heterocycles. The maximum Gasteiger partial charge on any atom is 0.336 e. The molecule has 0 radical (unpaired) electrons. The van der Waals surface area contributed by atoms with Gasteiger partial charge in [0.1, 0.15) is 6.10 Å². The summed E-state index contributed by atoms with van der Waals surface area (Å²) in [6.45, 7) is 5.69. The Morgan fingerprint density at radius 3 is 2.65 bits per heavy atom. The molecule has 0 amide bonds. The molecule has 3 heteroatoms. The van der Waals surface area contributed by atoms with E-state index in [1.165, 1.54) is 0 Å². The maximum atomic E-state index is 11.5. The zero-order chi connectivity index (χ0) is 16.4. The minimum Gasteiger partial charge on any atom is -0.478 e. The summed E-state index contributed by atoms with van der Waals surface area (Å²) >= 11 is 0. The number of hydrogen-bond donors (Lipinski definition) is 1. The minimum absolute atomic E-state index is 0.104. The summed E-state index contributed by atoms with van der Waals surface area (Å²) in [7, 11) is 0. The molecule has 0 aliphatic carbocycles. The van der Waals surface area contributed by atoms with Gasteiger partial charge in [-0.15, -0.1) is 5.73 Å². The number of aryl methyl sites for hydroxylation is 1. The van der Waals surface area contributed by atoms with E-state index in [0.29, 0.717) is 12.0 Å². The lowest BCUT2D eigenvalue weighted by Gasteiger charge is -2.17. The Morgan fingerprint density at radius 1 is 1.26 bits per heavy atom. The van der Waals surface area contributed by atoms with Gasteiger partial charge < -0.3 is 9.84 Å². The quantitative estimate of drug-likeness (QED) is 0.842. The number of benzene rings is 2. The van der Waals surface area contributed by atoms with Crippen LogP contribution in [0.2, 0.25) is 0 Å². The SMILES string of the molecule is C=C=C1CC(c2ccccc2)OC1c1cc(C)ccc1C(=O)O. The van der Waals surface area contributed by atoms with Crippen molar-refractivity contribution in [1.29, 1.82) is 0 Å². The van der Waals surface area contributed by atoms with Gasteiger partial charge in [0, 0.05) is 17.6 Å². The Bertz CT molecular complexity index is 786. The average Bonchev–Trinajstić information content (AvgIpc) is 2.99. The van der Waals surface area contributed by atoms with Crippen LogP contribution in [0, 0.1) is 6.92 Å². The van der Waals surface area contributed by atoms with Crippen molar-refractivity contribution >= 4 is 5.97 Å². The lowest BCUT2D eigenvalue weighted by atomic mass is 9.94. The predicted molar refractivity (Wildman–Crippen MR) is 88.4 cm³/mol. The number of rotatable bonds is 3. The molecule has 1 aliphatic heterocycles. The second-order valence-electron chi connectivity index (χ2n) is 5.72. The van der Waals surface area contributed by atoms with E-state index in [1.807, 2.05) is 43.3 Å². The molecule has 0 saturated carbocycles. The molecule has 116 valence electrons. The first-order valence-corrected chi connectivity index (χ1v) is 7.53. The van der Waals surface area contributed by atoms with E-state index in [9.17, 15) is 9.90 Å². The van der Waals surface area contributed by atoms with E-state index in [1.54, 1.807) is 12.1 Å². The smallest absolute Gasteiger partial charge is 0.336 e. The molecule has 2 atom stereocenters. The van der Waals surface area contributed by atoms with Gasteiger partial charge in [0.2, 0.25) is 0 Å². The highest BCUT2D eigenvalue weighted by Gasteiger charge is 2.34. The van der Waals surface area contributed by atoms with Crippen molar-refractivity contribution in [2.24, 2.45) is 0 Å². The number of carboxylic acid groups (broad SMARTS) is 1. The minimum atomic E-state index is -0.949. The fourth-order valence-corrected chi connectivity index (χ4v) is 2.99. The van der Waals surface area contributed by atoms with Crippen molar-refractivity contribution in [2.45, 2.75) is 25.6 Å². The van der Waals surface area contributed by atoms with Crippen LogP contribution in [0.3, 0.4) is 0 Å². The molecular formula is C20H18O3. The van der Waals surface area contributed by atoms with E-state index >= 15 is 0 Å². The zero-order valence-corrected chi connectivity index (χ0v) is 13.0. The Hall–Kier alpha value is -2.61. The van der Waals surface area contributed by atoms with Gasteiger partial charge in [0.25, 0.3) is 0 Å². The van der Waals surface area contributed by atoms with Crippen LogP contribution >= 0.6 is 0 Å². The Morgan fingerprint density at radius 2 is 2.00 bits per heavy atom. The summed E-state index contributed by atoms with van der Waals surface area (Å²) < 4.78 is 6.18. The van der Waals surface area contributed by atoms with Crippen molar-refractivity contribution < 1.29 is 14.6 Å². The predicted octanol–water partition coefficient (Wildman–Crippen LogP) is 4.61. The Kier molecular flexibility index (Phi) is 4.16. The van der Waals surface area contributed by atoms with Gasteiger partial charge in [0.05, 0.1) is 11.7 Å².